The van der Waals surface area contributed by atoms with Crippen molar-refractivity contribution in [2.75, 3.05) is 5.75 Å². The number of amidine groups is 1. The number of nitrogens with two attached hydrogens (primary N) is 1. The first-order valence-electron chi connectivity index (χ1n) is 3.31. The van der Waals surface area contributed by atoms with Gasteiger partial charge in [0.2, 0.25) is 0 Å². The Kier molecular flexibility index (Phi) is 5.20. The van der Waals surface area contributed by atoms with Crippen LogP contribution in [0.25, 0.3) is 0 Å². The van der Waals surface area contributed by atoms with Gasteiger partial charge >= 0.3 is 0 Å². The third-order valence-corrected chi connectivity index (χ3v) is 2.49. The standard InChI is InChI=1S/C6H14N2OS/c1-3-4-10-5(2)6(7)8-9/h5,9H,3-4H2,1-2H3,(H2,7,8). The van der Waals surface area contributed by atoms with Gasteiger partial charge in [-0.05, 0) is 19.1 Å². The van der Waals surface area contributed by atoms with Crippen LogP contribution in [0.4, 0.5) is 0 Å². The summed E-state index contributed by atoms with van der Waals surface area (Å²) in [5.41, 5.74) is 5.34. The fourth-order valence-electron chi connectivity index (χ4n) is 0.461. The Labute approximate surface area is 65.7 Å². The Bertz CT molecular complexity index is 116. The predicted octanol–water partition coefficient (Wildman–Crippen LogP) is 1.26. The molecule has 10 heavy (non-hydrogen) atoms. The van der Waals surface area contributed by atoms with E-state index in [1.807, 2.05) is 6.92 Å². The van der Waals surface area contributed by atoms with E-state index in [9.17, 15) is 0 Å². The minimum Gasteiger partial charge on any atom is -0.409 e. The Morgan fingerprint density at radius 1 is 1.80 bits per heavy atom. The molecule has 1 atom stereocenters. The van der Waals surface area contributed by atoms with Crippen LogP contribution in [0.1, 0.15) is 20.3 Å². The number of hydrogen-bond acceptors (Lipinski definition) is 3. The number of oxime groups is 1. The summed E-state index contributed by atoms with van der Waals surface area (Å²) in [7, 11) is 0. The summed E-state index contributed by atoms with van der Waals surface area (Å²) in [6, 6.07) is 0. The normalized spacial score (nSPS) is 15.2. The van der Waals surface area contributed by atoms with E-state index in [0.29, 0.717) is 5.84 Å². The van der Waals surface area contributed by atoms with Crippen molar-refractivity contribution in [3.05, 3.63) is 0 Å². The lowest BCUT2D eigenvalue weighted by Gasteiger charge is -2.06. The molecule has 0 spiro atoms. The Hall–Kier alpha value is -0.380. The van der Waals surface area contributed by atoms with Crippen molar-refractivity contribution in [1.82, 2.24) is 0 Å². The van der Waals surface area contributed by atoms with Gasteiger partial charge in [-0.2, -0.15) is 11.8 Å². The quantitative estimate of drug-likeness (QED) is 0.283. The van der Waals surface area contributed by atoms with Gasteiger partial charge in [-0.3, -0.25) is 0 Å². The monoisotopic (exact) mass is 162 g/mol. The van der Waals surface area contributed by atoms with Gasteiger partial charge in [0.25, 0.3) is 0 Å². The molecule has 0 bridgehead atoms. The average Bonchev–Trinajstić information content (AvgIpc) is 1.98. The highest BCUT2D eigenvalue weighted by molar-refractivity contribution is 8.00. The summed E-state index contributed by atoms with van der Waals surface area (Å²) in [6.07, 6.45) is 1.12. The van der Waals surface area contributed by atoms with Crippen molar-refractivity contribution < 1.29 is 5.21 Å². The Balaban J connectivity index is 3.51. The van der Waals surface area contributed by atoms with E-state index in [2.05, 4.69) is 12.1 Å². The Morgan fingerprint density at radius 2 is 2.40 bits per heavy atom. The highest BCUT2D eigenvalue weighted by atomic mass is 32.2. The van der Waals surface area contributed by atoms with Crippen molar-refractivity contribution in [3.8, 4) is 0 Å². The van der Waals surface area contributed by atoms with Gasteiger partial charge in [-0.25, -0.2) is 0 Å². The number of rotatable bonds is 4. The molecule has 0 aromatic heterocycles. The maximum atomic E-state index is 8.25. The van der Waals surface area contributed by atoms with Crippen LogP contribution >= 0.6 is 11.8 Å². The molecule has 3 N–H and O–H groups in total. The zero-order valence-electron chi connectivity index (χ0n) is 6.37. The lowest BCUT2D eigenvalue weighted by atomic mass is 10.4. The summed E-state index contributed by atoms with van der Waals surface area (Å²) < 4.78 is 0. The molecule has 0 fully saturated rings. The second-order valence-electron chi connectivity index (χ2n) is 2.04. The van der Waals surface area contributed by atoms with Crippen molar-refractivity contribution in [2.45, 2.75) is 25.5 Å². The molecule has 4 heteroatoms. The molecule has 0 aromatic rings. The first-order valence-corrected chi connectivity index (χ1v) is 4.36. The summed E-state index contributed by atoms with van der Waals surface area (Å²) in [4.78, 5) is 0. The first kappa shape index (κ1) is 9.62. The third kappa shape index (κ3) is 3.61. The van der Waals surface area contributed by atoms with Gasteiger partial charge in [-0.1, -0.05) is 12.1 Å². The fraction of sp³-hybridized carbons (Fsp3) is 0.833. The SMILES string of the molecule is CCCSC(C)C(N)=NO. The molecule has 0 radical (unpaired) electrons. The van der Waals surface area contributed by atoms with E-state index in [-0.39, 0.29) is 5.25 Å². The Morgan fingerprint density at radius 3 is 2.80 bits per heavy atom. The second-order valence-corrected chi connectivity index (χ2v) is 3.49. The summed E-state index contributed by atoms with van der Waals surface area (Å²) in [5, 5.41) is 11.3. The smallest absolute Gasteiger partial charge is 0.151 e. The topological polar surface area (TPSA) is 58.6 Å². The maximum Gasteiger partial charge on any atom is 0.151 e. The van der Waals surface area contributed by atoms with Gasteiger partial charge < -0.3 is 10.9 Å². The zero-order valence-corrected chi connectivity index (χ0v) is 7.19. The van der Waals surface area contributed by atoms with E-state index in [0.717, 1.165) is 12.2 Å². The van der Waals surface area contributed by atoms with Crippen LogP contribution in [-0.2, 0) is 0 Å². The molecule has 0 saturated heterocycles. The molecule has 0 aliphatic rings. The highest BCUT2D eigenvalue weighted by Gasteiger charge is 2.05. The average molecular weight is 162 g/mol. The van der Waals surface area contributed by atoms with E-state index < -0.39 is 0 Å². The molecule has 0 aliphatic carbocycles. The third-order valence-electron chi connectivity index (χ3n) is 1.10. The predicted molar refractivity (Wildman–Crippen MR) is 45.6 cm³/mol. The number of nitrogens with zero attached hydrogens (tertiary/aromatic N) is 1. The molecule has 0 aliphatic heterocycles. The summed E-state index contributed by atoms with van der Waals surface area (Å²) in [5.74, 6) is 1.36. The van der Waals surface area contributed by atoms with Gasteiger partial charge in [0, 0.05) is 0 Å². The zero-order chi connectivity index (χ0) is 7.98. The van der Waals surface area contributed by atoms with Gasteiger partial charge in [0.05, 0.1) is 5.25 Å². The lowest BCUT2D eigenvalue weighted by Crippen LogP contribution is -2.23. The van der Waals surface area contributed by atoms with Gasteiger partial charge in [0.1, 0.15) is 0 Å². The molecule has 60 valence electrons. The molecule has 0 heterocycles. The second kappa shape index (κ2) is 5.41. The van der Waals surface area contributed by atoms with Crippen LogP contribution in [0.5, 0.6) is 0 Å². The first-order chi connectivity index (χ1) is 4.72. The summed E-state index contributed by atoms with van der Waals surface area (Å²) in [6.45, 7) is 4.03. The lowest BCUT2D eigenvalue weighted by molar-refractivity contribution is 0.317. The minimum absolute atomic E-state index is 0.130. The van der Waals surface area contributed by atoms with Crippen LogP contribution in [0.15, 0.2) is 5.16 Å². The van der Waals surface area contributed by atoms with E-state index in [1.54, 1.807) is 11.8 Å². The van der Waals surface area contributed by atoms with E-state index >= 15 is 0 Å². The maximum absolute atomic E-state index is 8.25. The molecular formula is C6H14N2OS. The van der Waals surface area contributed by atoms with E-state index in [1.165, 1.54) is 0 Å². The van der Waals surface area contributed by atoms with E-state index in [4.69, 9.17) is 10.9 Å². The summed E-state index contributed by atoms with van der Waals surface area (Å²) >= 11 is 1.69. The van der Waals surface area contributed by atoms with Gasteiger partial charge in [-0.15, -0.1) is 0 Å². The molecule has 0 amide bonds. The molecule has 0 aromatic carbocycles. The van der Waals surface area contributed by atoms with Crippen molar-refractivity contribution in [3.63, 3.8) is 0 Å². The molecule has 3 nitrogen and oxygen atoms in total. The minimum atomic E-state index is 0.130. The van der Waals surface area contributed by atoms with Crippen LogP contribution in [0, 0.1) is 0 Å². The van der Waals surface area contributed by atoms with Crippen LogP contribution in [0.2, 0.25) is 0 Å². The number of thioether (sulfide) groups is 1. The molecule has 1 unspecified atom stereocenters. The van der Waals surface area contributed by atoms with Crippen LogP contribution in [0.3, 0.4) is 0 Å². The van der Waals surface area contributed by atoms with Crippen molar-refractivity contribution in [1.29, 1.82) is 0 Å². The van der Waals surface area contributed by atoms with Crippen molar-refractivity contribution in [2.24, 2.45) is 10.9 Å². The largest absolute Gasteiger partial charge is 0.409 e. The molecule has 0 saturated carbocycles. The van der Waals surface area contributed by atoms with Crippen molar-refractivity contribution >= 4 is 17.6 Å². The highest BCUT2D eigenvalue weighted by Crippen LogP contribution is 2.10. The fourth-order valence-corrected chi connectivity index (χ4v) is 1.27. The van der Waals surface area contributed by atoms with Crippen LogP contribution in [-0.4, -0.2) is 22.0 Å². The van der Waals surface area contributed by atoms with Crippen LogP contribution < -0.4 is 5.73 Å². The van der Waals surface area contributed by atoms with Gasteiger partial charge in [0.15, 0.2) is 5.84 Å². The molecular weight excluding hydrogens is 148 g/mol. The molecule has 0 rings (SSSR count). The number of hydrogen-bond donors (Lipinski definition) is 2.